The third-order valence-electron chi connectivity index (χ3n) is 8.68. The summed E-state index contributed by atoms with van der Waals surface area (Å²) in [5.41, 5.74) is 3.30. The SMILES string of the molecule is Cc1cc(N2CCOC[C@@H]2C(F)(F)F)cc(F)c1C(=O)N[C@@H](Cc1ccc(-c2c(C)cc(C)n(C)c2=O)c2c1CCCO2)C(=O)O. The van der Waals surface area contributed by atoms with Gasteiger partial charge in [0.05, 0.1) is 30.9 Å². The van der Waals surface area contributed by atoms with Crippen molar-refractivity contribution in [1.29, 1.82) is 0 Å². The number of hydrogen-bond donors (Lipinski definition) is 2. The molecule has 0 unspecified atom stereocenters. The first kappa shape index (κ1) is 33.0. The monoisotopic (exact) mass is 645 g/mol. The van der Waals surface area contributed by atoms with Crippen LogP contribution in [0, 0.1) is 26.6 Å². The molecule has 246 valence electrons. The number of rotatable bonds is 7. The van der Waals surface area contributed by atoms with Crippen molar-refractivity contribution in [1.82, 2.24) is 9.88 Å². The zero-order valence-corrected chi connectivity index (χ0v) is 25.9. The van der Waals surface area contributed by atoms with Gasteiger partial charge in [0.2, 0.25) is 0 Å². The summed E-state index contributed by atoms with van der Waals surface area (Å²) in [7, 11) is 1.68. The molecule has 3 aromatic rings. The Morgan fingerprint density at radius 3 is 2.52 bits per heavy atom. The number of amides is 1. The number of pyridine rings is 1. The fourth-order valence-electron chi connectivity index (χ4n) is 6.24. The summed E-state index contributed by atoms with van der Waals surface area (Å²) in [4.78, 5) is 39.8. The van der Waals surface area contributed by atoms with Crippen LogP contribution in [-0.4, -0.2) is 66.2 Å². The number of aromatic nitrogens is 1. The van der Waals surface area contributed by atoms with Crippen molar-refractivity contribution >= 4 is 17.6 Å². The summed E-state index contributed by atoms with van der Waals surface area (Å²) >= 11 is 0. The summed E-state index contributed by atoms with van der Waals surface area (Å²) in [6.07, 6.45) is -3.56. The van der Waals surface area contributed by atoms with E-state index in [0.29, 0.717) is 41.9 Å². The van der Waals surface area contributed by atoms with Gasteiger partial charge in [0.1, 0.15) is 23.7 Å². The van der Waals surface area contributed by atoms with Crippen LogP contribution in [0.5, 0.6) is 5.75 Å². The van der Waals surface area contributed by atoms with E-state index >= 15 is 4.39 Å². The van der Waals surface area contributed by atoms with Crippen LogP contribution in [0.1, 0.15) is 44.7 Å². The number of fused-ring (bicyclic) bond motifs is 1. The van der Waals surface area contributed by atoms with Gasteiger partial charge in [0.25, 0.3) is 11.5 Å². The minimum Gasteiger partial charge on any atom is -0.493 e. The van der Waals surface area contributed by atoms with Crippen molar-refractivity contribution in [3.8, 4) is 16.9 Å². The van der Waals surface area contributed by atoms with Crippen LogP contribution < -0.4 is 20.5 Å². The second-order valence-electron chi connectivity index (χ2n) is 11.8. The van der Waals surface area contributed by atoms with Gasteiger partial charge in [-0.25, -0.2) is 9.18 Å². The van der Waals surface area contributed by atoms with E-state index in [9.17, 15) is 32.7 Å². The largest absolute Gasteiger partial charge is 0.493 e. The molecule has 0 aliphatic carbocycles. The normalized spacial score (nSPS) is 17.2. The molecule has 1 fully saturated rings. The van der Waals surface area contributed by atoms with Crippen molar-refractivity contribution in [2.45, 2.75) is 58.3 Å². The number of alkyl halides is 3. The van der Waals surface area contributed by atoms with E-state index in [1.54, 1.807) is 23.7 Å². The molecule has 2 aliphatic rings. The van der Waals surface area contributed by atoms with Gasteiger partial charge < -0.3 is 29.4 Å². The Bertz CT molecular complexity index is 1730. The number of nitrogens with one attached hydrogen (secondary N) is 1. The van der Waals surface area contributed by atoms with E-state index in [1.165, 1.54) is 13.0 Å². The number of anilines is 1. The summed E-state index contributed by atoms with van der Waals surface area (Å²) in [6.45, 7) is 4.76. The number of benzene rings is 2. The first-order chi connectivity index (χ1) is 21.7. The first-order valence-electron chi connectivity index (χ1n) is 14.9. The average molecular weight is 646 g/mol. The average Bonchev–Trinajstić information content (AvgIpc) is 2.99. The van der Waals surface area contributed by atoms with Crippen molar-refractivity contribution < 1.29 is 41.7 Å². The smallest absolute Gasteiger partial charge is 0.411 e. The van der Waals surface area contributed by atoms with Gasteiger partial charge in [-0.05, 0) is 74.1 Å². The van der Waals surface area contributed by atoms with Gasteiger partial charge in [-0.3, -0.25) is 9.59 Å². The van der Waals surface area contributed by atoms with E-state index in [1.807, 2.05) is 19.9 Å². The van der Waals surface area contributed by atoms with Crippen LogP contribution in [0.2, 0.25) is 0 Å². The fraction of sp³-hybridized carbons (Fsp3) is 0.424. The highest BCUT2D eigenvalue weighted by molar-refractivity contribution is 5.98. The Labute approximate surface area is 262 Å². The van der Waals surface area contributed by atoms with Crippen LogP contribution in [0.3, 0.4) is 0 Å². The van der Waals surface area contributed by atoms with Crippen molar-refractivity contribution in [2.75, 3.05) is 31.3 Å². The summed E-state index contributed by atoms with van der Waals surface area (Å²) in [5, 5.41) is 12.4. The highest BCUT2D eigenvalue weighted by Gasteiger charge is 2.45. The topological polar surface area (TPSA) is 110 Å². The Morgan fingerprint density at radius 2 is 1.85 bits per heavy atom. The Morgan fingerprint density at radius 1 is 1.11 bits per heavy atom. The van der Waals surface area contributed by atoms with E-state index in [-0.39, 0.29) is 36.4 Å². The number of nitrogens with zero attached hydrogens (tertiary/aromatic N) is 2. The number of carbonyl (C=O) groups is 2. The molecule has 46 heavy (non-hydrogen) atoms. The maximum atomic E-state index is 15.4. The molecular weight excluding hydrogens is 610 g/mol. The summed E-state index contributed by atoms with van der Waals surface area (Å²) < 4.78 is 68.8. The number of carboxylic acid groups (broad SMARTS) is 1. The predicted molar refractivity (Wildman–Crippen MR) is 162 cm³/mol. The molecule has 0 spiro atoms. The summed E-state index contributed by atoms with van der Waals surface area (Å²) in [5.74, 6) is -2.96. The lowest BCUT2D eigenvalue weighted by Gasteiger charge is -2.38. The van der Waals surface area contributed by atoms with Crippen LogP contribution in [-0.2, 0) is 29.4 Å². The van der Waals surface area contributed by atoms with Crippen LogP contribution >= 0.6 is 0 Å². The number of carboxylic acids is 1. The molecule has 1 amide bonds. The molecule has 2 N–H and O–H groups in total. The quantitative estimate of drug-likeness (QED) is 0.361. The number of halogens is 4. The van der Waals surface area contributed by atoms with E-state index in [0.717, 1.165) is 27.8 Å². The third-order valence-corrected chi connectivity index (χ3v) is 8.68. The number of ether oxygens (including phenoxy) is 2. The first-order valence-corrected chi connectivity index (χ1v) is 14.9. The molecule has 2 aliphatic heterocycles. The molecule has 0 radical (unpaired) electrons. The van der Waals surface area contributed by atoms with Crippen molar-refractivity contribution in [3.05, 3.63) is 80.0 Å². The second-order valence-corrected chi connectivity index (χ2v) is 11.8. The Kier molecular flexibility index (Phi) is 9.16. The van der Waals surface area contributed by atoms with Crippen molar-refractivity contribution in [3.63, 3.8) is 0 Å². The number of aryl methyl sites for hydroxylation is 3. The highest BCUT2D eigenvalue weighted by Crippen LogP contribution is 2.39. The van der Waals surface area contributed by atoms with Crippen LogP contribution in [0.4, 0.5) is 23.2 Å². The number of aliphatic carboxylic acids is 1. The minimum absolute atomic E-state index is 0.0206. The lowest BCUT2D eigenvalue weighted by molar-refractivity contribution is -0.167. The molecule has 1 saturated heterocycles. The molecule has 1 aromatic heterocycles. The molecule has 13 heteroatoms. The third kappa shape index (κ3) is 6.33. The second kappa shape index (κ2) is 12.8. The van der Waals surface area contributed by atoms with Crippen LogP contribution in [0.25, 0.3) is 11.1 Å². The van der Waals surface area contributed by atoms with E-state index in [2.05, 4.69) is 5.32 Å². The molecule has 2 aromatic carbocycles. The van der Waals surface area contributed by atoms with Gasteiger partial charge >= 0.3 is 12.1 Å². The molecule has 9 nitrogen and oxygen atoms in total. The number of morpholine rings is 1. The molecule has 0 saturated carbocycles. The maximum absolute atomic E-state index is 15.4. The van der Waals surface area contributed by atoms with Gasteiger partial charge in [-0.1, -0.05) is 12.1 Å². The van der Waals surface area contributed by atoms with Gasteiger partial charge in [-0.15, -0.1) is 0 Å². The molecule has 3 heterocycles. The molecule has 2 atom stereocenters. The Hall–Kier alpha value is -4.39. The highest BCUT2D eigenvalue weighted by atomic mass is 19.4. The van der Waals surface area contributed by atoms with E-state index < -0.39 is 48.1 Å². The van der Waals surface area contributed by atoms with Crippen LogP contribution in [0.15, 0.2) is 35.1 Å². The van der Waals surface area contributed by atoms with E-state index in [4.69, 9.17) is 9.47 Å². The summed E-state index contributed by atoms with van der Waals surface area (Å²) in [6, 6.07) is 4.01. The minimum atomic E-state index is -4.62. The fourth-order valence-corrected chi connectivity index (χ4v) is 6.24. The lowest BCUT2D eigenvalue weighted by Crippen LogP contribution is -2.53. The number of hydrogen-bond acceptors (Lipinski definition) is 6. The predicted octanol–water partition coefficient (Wildman–Crippen LogP) is 4.63. The van der Waals surface area contributed by atoms with Crippen molar-refractivity contribution in [2.24, 2.45) is 7.05 Å². The zero-order valence-electron chi connectivity index (χ0n) is 25.9. The van der Waals surface area contributed by atoms with Gasteiger partial charge in [0, 0.05) is 37.0 Å². The zero-order chi connectivity index (χ0) is 33.5. The number of carbonyl (C=O) groups excluding carboxylic acids is 1. The van der Waals surface area contributed by atoms with Gasteiger partial charge in [0.15, 0.2) is 0 Å². The standard InChI is InChI=1S/C33H35F4N3O6/c1-17-12-19(3)39(4)31(42)27(17)23-8-7-20(22-6-5-10-46-29(22)23)14-25(32(43)44)38-30(41)28-18(2)13-21(15-24(28)34)40-9-11-45-16-26(40)33(35,36)37/h7-8,12-13,15,25-26H,5-6,9-11,14,16H2,1-4H3,(H,38,41)(H,43,44)/t25-,26+/m0/s1. The molecular formula is C33H35F4N3O6. The Balaban J connectivity index is 1.43. The lowest BCUT2D eigenvalue weighted by atomic mass is 9.89. The van der Waals surface area contributed by atoms with Gasteiger partial charge in [-0.2, -0.15) is 13.2 Å². The molecule has 5 rings (SSSR count). The maximum Gasteiger partial charge on any atom is 0.411 e. The molecule has 0 bridgehead atoms.